The van der Waals surface area contributed by atoms with E-state index in [2.05, 4.69) is 16.0 Å². The minimum absolute atomic E-state index is 0.794. The van der Waals surface area contributed by atoms with Crippen molar-refractivity contribution >= 4 is 39.0 Å². The van der Waals surface area contributed by atoms with Crippen molar-refractivity contribution in [2.75, 3.05) is 11.5 Å². The topological polar surface area (TPSA) is 51.8 Å². The SMILES string of the molecule is Nc1ccc2nc(SCCc3cccnc3)sc2c1. The van der Waals surface area contributed by atoms with Gasteiger partial charge in [-0.05, 0) is 36.2 Å². The number of nitrogens with two attached hydrogens (primary N) is 1. The summed E-state index contributed by atoms with van der Waals surface area (Å²) in [5.74, 6) is 1.01. The van der Waals surface area contributed by atoms with Crippen molar-refractivity contribution in [3.63, 3.8) is 0 Å². The molecular formula is C14H13N3S2. The molecule has 0 atom stereocenters. The molecule has 3 nitrogen and oxygen atoms in total. The van der Waals surface area contributed by atoms with Crippen LogP contribution in [0.2, 0.25) is 0 Å². The van der Waals surface area contributed by atoms with Crippen LogP contribution in [0.1, 0.15) is 5.56 Å². The fraction of sp³-hybridized carbons (Fsp3) is 0.143. The number of nitrogen functional groups attached to an aromatic ring is 1. The first-order valence-electron chi connectivity index (χ1n) is 5.99. The van der Waals surface area contributed by atoms with Crippen LogP contribution in [-0.2, 0) is 6.42 Å². The lowest BCUT2D eigenvalue weighted by Crippen LogP contribution is -1.88. The van der Waals surface area contributed by atoms with Gasteiger partial charge in [-0.1, -0.05) is 17.8 Å². The van der Waals surface area contributed by atoms with Crippen molar-refractivity contribution in [1.29, 1.82) is 0 Å². The Morgan fingerprint density at radius 1 is 1.26 bits per heavy atom. The van der Waals surface area contributed by atoms with Gasteiger partial charge in [0.25, 0.3) is 0 Å². The van der Waals surface area contributed by atoms with Gasteiger partial charge in [0.1, 0.15) is 0 Å². The van der Waals surface area contributed by atoms with Gasteiger partial charge >= 0.3 is 0 Å². The minimum Gasteiger partial charge on any atom is -0.399 e. The van der Waals surface area contributed by atoms with Crippen LogP contribution in [0.3, 0.4) is 0 Å². The van der Waals surface area contributed by atoms with Crippen molar-refractivity contribution < 1.29 is 0 Å². The second kappa shape index (κ2) is 5.59. The van der Waals surface area contributed by atoms with Gasteiger partial charge in [0.2, 0.25) is 0 Å². The van der Waals surface area contributed by atoms with E-state index in [1.54, 1.807) is 29.3 Å². The molecule has 1 aromatic carbocycles. The summed E-state index contributed by atoms with van der Waals surface area (Å²) in [7, 11) is 0. The first-order chi connectivity index (χ1) is 9.31. The highest BCUT2D eigenvalue weighted by atomic mass is 32.2. The number of pyridine rings is 1. The largest absolute Gasteiger partial charge is 0.399 e. The molecule has 0 fully saturated rings. The molecule has 0 radical (unpaired) electrons. The van der Waals surface area contributed by atoms with Crippen LogP contribution in [0.4, 0.5) is 5.69 Å². The van der Waals surface area contributed by atoms with Gasteiger partial charge in [0.05, 0.1) is 10.2 Å². The van der Waals surface area contributed by atoms with Crippen LogP contribution in [0.25, 0.3) is 10.2 Å². The maximum Gasteiger partial charge on any atom is 0.151 e. The number of hydrogen-bond acceptors (Lipinski definition) is 5. The summed E-state index contributed by atoms with van der Waals surface area (Å²) in [5.41, 5.74) is 8.86. The fourth-order valence-corrected chi connectivity index (χ4v) is 3.96. The molecule has 5 heteroatoms. The summed E-state index contributed by atoms with van der Waals surface area (Å²) in [5, 5.41) is 0. The third-order valence-corrected chi connectivity index (χ3v) is 4.89. The molecule has 0 saturated heterocycles. The Morgan fingerprint density at radius 2 is 2.21 bits per heavy atom. The van der Waals surface area contributed by atoms with Crippen LogP contribution >= 0.6 is 23.1 Å². The zero-order valence-electron chi connectivity index (χ0n) is 10.2. The number of fused-ring (bicyclic) bond motifs is 1. The van der Waals surface area contributed by atoms with Crippen LogP contribution < -0.4 is 5.73 Å². The molecule has 19 heavy (non-hydrogen) atoms. The lowest BCUT2D eigenvalue weighted by atomic mass is 10.2. The molecule has 0 amide bonds. The standard InChI is InChI=1S/C14H13N3S2/c15-11-3-4-12-13(8-11)19-14(17-12)18-7-5-10-2-1-6-16-9-10/h1-4,6,8-9H,5,7,15H2. The number of aryl methyl sites for hydroxylation is 1. The Morgan fingerprint density at radius 3 is 3.05 bits per heavy atom. The van der Waals surface area contributed by atoms with Crippen LogP contribution in [-0.4, -0.2) is 15.7 Å². The summed E-state index contributed by atoms with van der Waals surface area (Å²) in [4.78, 5) is 8.71. The predicted octanol–water partition coefficient (Wildman–Crippen LogP) is 3.61. The lowest BCUT2D eigenvalue weighted by molar-refractivity contribution is 1.11. The van der Waals surface area contributed by atoms with E-state index >= 15 is 0 Å². The smallest absolute Gasteiger partial charge is 0.151 e. The fourth-order valence-electron chi connectivity index (χ4n) is 1.78. The Bertz CT molecular complexity index is 679. The number of thioether (sulfide) groups is 1. The number of nitrogens with zero attached hydrogens (tertiary/aromatic N) is 2. The van der Waals surface area contributed by atoms with E-state index in [1.165, 1.54) is 5.56 Å². The first-order valence-corrected chi connectivity index (χ1v) is 7.79. The highest BCUT2D eigenvalue weighted by Gasteiger charge is 2.04. The van der Waals surface area contributed by atoms with E-state index in [-0.39, 0.29) is 0 Å². The van der Waals surface area contributed by atoms with E-state index in [0.717, 1.165) is 32.4 Å². The van der Waals surface area contributed by atoms with Gasteiger partial charge in [-0.25, -0.2) is 4.98 Å². The van der Waals surface area contributed by atoms with E-state index in [4.69, 9.17) is 5.73 Å². The number of anilines is 1. The summed E-state index contributed by atoms with van der Waals surface area (Å²) < 4.78 is 2.26. The molecule has 2 heterocycles. The van der Waals surface area contributed by atoms with Crippen molar-refractivity contribution in [3.05, 3.63) is 48.3 Å². The van der Waals surface area contributed by atoms with Gasteiger partial charge in [-0.3, -0.25) is 4.98 Å². The molecule has 0 bridgehead atoms. The van der Waals surface area contributed by atoms with Crippen molar-refractivity contribution in [1.82, 2.24) is 9.97 Å². The first kappa shape index (κ1) is 12.4. The molecule has 0 saturated carbocycles. The van der Waals surface area contributed by atoms with Gasteiger partial charge in [0, 0.05) is 23.8 Å². The number of hydrogen-bond donors (Lipinski definition) is 1. The summed E-state index contributed by atoms with van der Waals surface area (Å²) in [6.07, 6.45) is 4.73. The summed E-state index contributed by atoms with van der Waals surface area (Å²) >= 11 is 3.49. The summed E-state index contributed by atoms with van der Waals surface area (Å²) in [6.45, 7) is 0. The third kappa shape index (κ3) is 3.05. The van der Waals surface area contributed by atoms with Crippen LogP contribution in [0.15, 0.2) is 47.1 Å². The number of thiazole rings is 1. The molecule has 0 unspecified atom stereocenters. The Balaban J connectivity index is 1.65. The Hall–Kier alpha value is -1.59. The van der Waals surface area contributed by atoms with E-state index in [0.29, 0.717) is 0 Å². The van der Waals surface area contributed by atoms with Gasteiger partial charge in [-0.15, -0.1) is 11.3 Å². The normalized spacial score (nSPS) is 10.9. The molecule has 2 aromatic heterocycles. The predicted molar refractivity (Wildman–Crippen MR) is 82.7 cm³/mol. The quantitative estimate of drug-likeness (QED) is 0.588. The number of benzene rings is 1. The summed E-state index contributed by atoms with van der Waals surface area (Å²) in [6, 6.07) is 9.93. The molecule has 2 N–H and O–H groups in total. The zero-order chi connectivity index (χ0) is 13.1. The second-order valence-electron chi connectivity index (χ2n) is 4.17. The molecule has 0 aliphatic rings. The zero-order valence-corrected chi connectivity index (χ0v) is 11.9. The molecule has 3 rings (SSSR count). The van der Waals surface area contributed by atoms with Gasteiger partial charge in [-0.2, -0.15) is 0 Å². The van der Waals surface area contributed by atoms with Crippen molar-refractivity contribution in [2.24, 2.45) is 0 Å². The van der Waals surface area contributed by atoms with Crippen molar-refractivity contribution in [2.45, 2.75) is 10.8 Å². The minimum atomic E-state index is 0.794. The Kier molecular flexibility index (Phi) is 3.66. The highest BCUT2D eigenvalue weighted by Crippen LogP contribution is 2.30. The van der Waals surface area contributed by atoms with E-state index in [1.807, 2.05) is 30.5 Å². The highest BCUT2D eigenvalue weighted by molar-refractivity contribution is 8.01. The second-order valence-corrected chi connectivity index (χ2v) is 6.54. The molecule has 3 aromatic rings. The van der Waals surface area contributed by atoms with Gasteiger partial charge < -0.3 is 5.73 Å². The lowest BCUT2D eigenvalue weighted by Gasteiger charge is -1.98. The molecule has 0 aliphatic heterocycles. The number of rotatable bonds is 4. The monoisotopic (exact) mass is 287 g/mol. The maximum absolute atomic E-state index is 5.77. The van der Waals surface area contributed by atoms with E-state index in [9.17, 15) is 0 Å². The Labute approximate surface area is 119 Å². The maximum atomic E-state index is 5.77. The van der Waals surface area contributed by atoms with Gasteiger partial charge in [0.15, 0.2) is 4.34 Å². The molecule has 0 spiro atoms. The van der Waals surface area contributed by atoms with Crippen LogP contribution in [0, 0.1) is 0 Å². The molecule has 0 aliphatic carbocycles. The molecular weight excluding hydrogens is 274 g/mol. The third-order valence-electron chi connectivity index (χ3n) is 2.73. The molecule has 96 valence electrons. The van der Waals surface area contributed by atoms with E-state index < -0.39 is 0 Å². The number of aromatic nitrogens is 2. The van der Waals surface area contributed by atoms with Crippen LogP contribution in [0.5, 0.6) is 0 Å². The average Bonchev–Trinajstić information content (AvgIpc) is 2.82. The van der Waals surface area contributed by atoms with Crippen molar-refractivity contribution in [3.8, 4) is 0 Å². The average molecular weight is 287 g/mol.